The van der Waals surface area contributed by atoms with Crippen LogP contribution in [-0.4, -0.2) is 37.7 Å². The van der Waals surface area contributed by atoms with E-state index in [0.717, 1.165) is 0 Å². The summed E-state index contributed by atoms with van der Waals surface area (Å²) in [6.07, 6.45) is 4.95. The van der Waals surface area contributed by atoms with Crippen molar-refractivity contribution in [2.75, 3.05) is 19.8 Å². The summed E-state index contributed by atoms with van der Waals surface area (Å²) in [5.74, 6) is -0.736. The van der Waals surface area contributed by atoms with Crippen LogP contribution in [-0.2, 0) is 28.6 Å². The Morgan fingerprint density at radius 1 is 0.476 bits per heavy atom. The molecule has 0 saturated carbocycles. The summed E-state index contributed by atoms with van der Waals surface area (Å²) in [6, 6.07) is 0. The highest BCUT2D eigenvalue weighted by atomic mass is 16.5. The first kappa shape index (κ1) is 17.5. The lowest BCUT2D eigenvalue weighted by molar-refractivity contribution is -0.144. The second-order valence-corrected chi connectivity index (χ2v) is 5.03. The van der Waals surface area contributed by atoms with Crippen molar-refractivity contribution in [3.05, 3.63) is 0 Å². The summed E-state index contributed by atoms with van der Waals surface area (Å²) in [5, 5.41) is 0. The Morgan fingerprint density at radius 2 is 0.762 bits per heavy atom. The van der Waals surface area contributed by atoms with Crippen LogP contribution in [0, 0.1) is 0 Å². The van der Waals surface area contributed by atoms with Gasteiger partial charge in [0.25, 0.3) is 0 Å². The van der Waals surface area contributed by atoms with Gasteiger partial charge >= 0.3 is 17.9 Å². The van der Waals surface area contributed by atoms with Crippen molar-refractivity contribution in [3.8, 4) is 0 Å². The SMILES string of the molecule is O=C1CCCCOC(=O)CCCCOC(=O)CCCCO1. The fourth-order valence-corrected chi connectivity index (χ4v) is 1.89. The Bertz CT molecular complexity index is 263. The van der Waals surface area contributed by atoms with Gasteiger partial charge in [-0.25, -0.2) is 0 Å². The van der Waals surface area contributed by atoms with Gasteiger partial charge in [-0.3, -0.25) is 14.4 Å². The second kappa shape index (κ2) is 11.1. The summed E-state index contributed by atoms with van der Waals surface area (Å²) in [5.41, 5.74) is 0. The number of rotatable bonds is 0. The molecule has 0 bridgehead atoms. The molecule has 0 aliphatic carbocycles. The molecule has 0 spiro atoms. The number of carbonyl (C=O) groups excluding carboxylic acids is 3. The highest BCUT2D eigenvalue weighted by Gasteiger charge is 2.07. The van der Waals surface area contributed by atoms with Crippen LogP contribution in [0.4, 0.5) is 0 Å². The fraction of sp³-hybridized carbons (Fsp3) is 0.800. The molecule has 1 rings (SSSR count). The minimum absolute atomic E-state index is 0.245. The molecule has 1 aliphatic rings. The van der Waals surface area contributed by atoms with E-state index in [-0.39, 0.29) is 17.9 Å². The smallest absolute Gasteiger partial charge is 0.305 e. The van der Waals surface area contributed by atoms with Gasteiger partial charge in [-0.05, 0) is 38.5 Å². The molecule has 1 aliphatic heterocycles. The third-order valence-corrected chi connectivity index (χ3v) is 3.11. The maximum atomic E-state index is 11.4. The Hall–Kier alpha value is -1.59. The average molecular weight is 300 g/mol. The number of esters is 3. The maximum absolute atomic E-state index is 11.4. The van der Waals surface area contributed by atoms with E-state index in [4.69, 9.17) is 14.2 Å². The minimum Gasteiger partial charge on any atom is -0.466 e. The Kier molecular flexibility index (Phi) is 9.24. The number of carbonyl (C=O) groups is 3. The van der Waals surface area contributed by atoms with Gasteiger partial charge in [0.2, 0.25) is 0 Å². The van der Waals surface area contributed by atoms with Crippen molar-refractivity contribution in [2.45, 2.75) is 57.8 Å². The molecule has 0 N–H and O–H groups in total. The molecular formula is C15H24O6. The van der Waals surface area contributed by atoms with Gasteiger partial charge in [0.05, 0.1) is 19.8 Å². The summed E-state index contributed by atoms with van der Waals surface area (Å²) in [4.78, 5) is 34.1. The van der Waals surface area contributed by atoms with Crippen LogP contribution in [0.15, 0.2) is 0 Å². The maximum Gasteiger partial charge on any atom is 0.305 e. The second-order valence-electron chi connectivity index (χ2n) is 5.03. The van der Waals surface area contributed by atoms with Crippen LogP contribution in [0.25, 0.3) is 0 Å². The quantitative estimate of drug-likeness (QED) is 0.504. The van der Waals surface area contributed by atoms with E-state index in [9.17, 15) is 14.4 Å². The Balaban J connectivity index is 2.29. The molecule has 0 aromatic heterocycles. The molecule has 0 unspecified atom stereocenters. The zero-order valence-electron chi connectivity index (χ0n) is 12.4. The minimum atomic E-state index is -0.245. The number of hydrogen-bond donors (Lipinski definition) is 0. The third kappa shape index (κ3) is 9.87. The van der Waals surface area contributed by atoms with Crippen LogP contribution in [0.1, 0.15) is 57.8 Å². The van der Waals surface area contributed by atoms with Crippen molar-refractivity contribution in [1.29, 1.82) is 0 Å². The van der Waals surface area contributed by atoms with E-state index in [2.05, 4.69) is 0 Å². The number of ether oxygens (including phenoxy) is 3. The van der Waals surface area contributed by atoms with Crippen molar-refractivity contribution < 1.29 is 28.6 Å². The van der Waals surface area contributed by atoms with Crippen LogP contribution in [0.2, 0.25) is 0 Å². The zero-order valence-corrected chi connectivity index (χ0v) is 12.4. The summed E-state index contributed by atoms with van der Waals surface area (Å²) < 4.78 is 15.1. The summed E-state index contributed by atoms with van der Waals surface area (Å²) in [6.45, 7) is 1.00. The van der Waals surface area contributed by atoms with E-state index >= 15 is 0 Å². The normalized spacial score (nSPS) is 21.4. The first-order valence-electron chi connectivity index (χ1n) is 7.65. The van der Waals surface area contributed by atoms with Crippen molar-refractivity contribution >= 4 is 17.9 Å². The lowest BCUT2D eigenvalue weighted by Crippen LogP contribution is -2.10. The molecule has 1 saturated heterocycles. The van der Waals surface area contributed by atoms with Gasteiger partial charge < -0.3 is 14.2 Å². The molecule has 6 nitrogen and oxygen atoms in total. The molecule has 0 aromatic carbocycles. The number of cyclic esters (lactones) is 3. The monoisotopic (exact) mass is 300 g/mol. The van der Waals surface area contributed by atoms with E-state index in [1.54, 1.807) is 0 Å². The third-order valence-electron chi connectivity index (χ3n) is 3.11. The van der Waals surface area contributed by atoms with Crippen LogP contribution < -0.4 is 0 Å². The topological polar surface area (TPSA) is 78.9 Å². The van der Waals surface area contributed by atoms with Gasteiger partial charge in [0.15, 0.2) is 0 Å². The van der Waals surface area contributed by atoms with Gasteiger partial charge in [-0.2, -0.15) is 0 Å². The molecule has 0 radical (unpaired) electrons. The molecule has 6 heteroatoms. The van der Waals surface area contributed by atoms with E-state index in [1.165, 1.54) is 0 Å². The summed E-state index contributed by atoms with van der Waals surface area (Å²) in [7, 11) is 0. The lowest BCUT2D eigenvalue weighted by atomic mass is 10.2. The highest BCUT2D eigenvalue weighted by Crippen LogP contribution is 2.05. The molecule has 1 fully saturated rings. The molecule has 0 amide bonds. The Labute approximate surface area is 125 Å². The van der Waals surface area contributed by atoms with E-state index < -0.39 is 0 Å². The van der Waals surface area contributed by atoms with Gasteiger partial charge in [-0.15, -0.1) is 0 Å². The predicted octanol–water partition coefficient (Wildman–Crippen LogP) is 2.14. The van der Waals surface area contributed by atoms with E-state index in [1.807, 2.05) is 0 Å². The van der Waals surface area contributed by atoms with Crippen molar-refractivity contribution in [1.82, 2.24) is 0 Å². The molecule has 0 atom stereocenters. The Morgan fingerprint density at radius 3 is 1.05 bits per heavy atom. The number of hydrogen-bond acceptors (Lipinski definition) is 6. The predicted molar refractivity (Wildman–Crippen MR) is 74.4 cm³/mol. The van der Waals surface area contributed by atoms with Crippen LogP contribution >= 0.6 is 0 Å². The fourth-order valence-electron chi connectivity index (χ4n) is 1.89. The largest absolute Gasteiger partial charge is 0.466 e. The van der Waals surface area contributed by atoms with Gasteiger partial charge in [0.1, 0.15) is 0 Å². The van der Waals surface area contributed by atoms with Crippen LogP contribution in [0.5, 0.6) is 0 Å². The summed E-state index contributed by atoms with van der Waals surface area (Å²) >= 11 is 0. The standard InChI is InChI=1S/C15H24O6/c16-13-7-1-4-10-19-14(17)8-3-6-12-21-15(18)9-2-5-11-20-13/h1-12H2. The molecule has 21 heavy (non-hydrogen) atoms. The van der Waals surface area contributed by atoms with Crippen molar-refractivity contribution in [3.63, 3.8) is 0 Å². The first-order chi connectivity index (χ1) is 10.2. The highest BCUT2D eigenvalue weighted by molar-refractivity contribution is 5.70. The molecular weight excluding hydrogens is 276 g/mol. The van der Waals surface area contributed by atoms with Crippen molar-refractivity contribution in [2.24, 2.45) is 0 Å². The molecule has 1 heterocycles. The average Bonchev–Trinajstić information content (AvgIpc) is 2.45. The molecule has 0 aromatic rings. The van der Waals surface area contributed by atoms with E-state index in [0.29, 0.717) is 77.6 Å². The van der Waals surface area contributed by atoms with Gasteiger partial charge in [-0.1, -0.05) is 0 Å². The van der Waals surface area contributed by atoms with Gasteiger partial charge in [0, 0.05) is 19.3 Å². The van der Waals surface area contributed by atoms with Crippen LogP contribution in [0.3, 0.4) is 0 Å². The zero-order chi connectivity index (χ0) is 15.3. The lowest BCUT2D eigenvalue weighted by Gasteiger charge is -2.08. The first-order valence-corrected chi connectivity index (χ1v) is 7.65. The molecule has 120 valence electrons.